The summed E-state index contributed by atoms with van der Waals surface area (Å²) in [5.74, 6) is 0.353. The second-order valence-electron chi connectivity index (χ2n) is 22.0. The van der Waals surface area contributed by atoms with E-state index >= 15 is 0 Å². The van der Waals surface area contributed by atoms with Crippen molar-refractivity contribution in [2.75, 3.05) is 54.8 Å². The van der Waals surface area contributed by atoms with E-state index in [1.54, 1.807) is 16.6 Å². The van der Waals surface area contributed by atoms with Crippen molar-refractivity contribution >= 4 is 69.8 Å². The van der Waals surface area contributed by atoms with Crippen molar-refractivity contribution in [3.8, 4) is 0 Å². The highest BCUT2D eigenvalue weighted by molar-refractivity contribution is 6.30. The third-order valence-corrected chi connectivity index (χ3v) is 14.5. The number of likely N-dealkylation sites (tertiary alicyclic amines) is 2. The first-order valence-electron chi connectivity index (χ1n) is 27.1. The predicted molar refractivity (Wildman–Crippen MR) is 302 cm³/mol. The van der Waals surface area contributed by atoms with E-state index in [2.05, 4.69) is 36.2 Å². The number of ether oxygens (including phenoxy) is 1. The van der Waals surface area contributed by atoms with Crippen LogP contribution in [0.25, 0.3) is 11.3 Å². The number of anilines is 3. The number of carbonyl (C=O) groups is 5. The lowest BCUT2D eigenvalue weighted by Crippen LogP contribution is -2.40. The first-order valence-corrected chi connectivity index (χ1v) is 27.5. The molecule has 4 aliphatic rings. The normalized spacial score (nSPS) is 19.4. The van der Waals surface area contributed by atoms with Crippen LogP contribution in [-0.4, -0.2) is 126 Å². The van der Waals surface area contributed by atoms with Gasteiger partial charge in [0.15, 0.2) is 11.3 Å². The number of rotatable bonds is 8. The molecule has 4 aliphatic heterocycles. The summed E-state index contributed by atoms with van der Waals surface area (Å²) in [7, 11) is 0. The highest BCUT2D eigenvalue weighted by atomic mass is 35.5. The molecule has 20 nitrogen and oxygen atoms in total. The fourth-order valence-corrected chi connectivity index (χ4v) is 10.6. The number of alkyl carbamates (subject to hydrolysis) is 1. The molecule has 10 rings (SSSR count). The Labute approximate surface area is 461 Å². The number of carbonyl (C=O) groups excluding carboxylic acids is 5. The topological polar surface area (TPSA) is 239 Å². The average Bonchev–Trinajstić information content (AvgIpc) is 4.26. The van der Waals surface area contributed by atoms with Gasteiger partial charge in [-0.15, -0.1) is 0 Å². The van der Waals surface area contributed by atoms with Gasteiger partial charge in [0.1, 0.15) is 16.6 Å². The third-order valence-electron chi connectivity index (χ3n) is 14.2. The number of piperidine rings is 2. The fraction of sp³-hybridized carbons (Fsp3) is 0.491. The van der Waals surface area contributed by atoms with Crippen molar-refractivity contribution in [3.63, 3.8) is 0 Å². The molecular weight excluding hydrogens is 1010 g/mol. The minimum atomic E-state index is -0.407. The van der Waals surface area contributed by atoms with Gasteiger partial charge in [-0.2, -0.15) is 10.2 Å². The average molecular weight is 1090 g/mol. The molecule has 2 aromatic carbocycles. The van der Waals surface area contributed by atoms with Crippen LogP contribution in [0, 0.1) is 27.7 Å². The van der Waals surface area contributed by atoms with Crippen LogP contribution in [0.4, 0.5) is 22.0 Å². The van der Waals surface area contributed by atoms with Crippen LogP contribution in [-0.2, 0) is 14.3 Å². The Morgan fingerprint density at radius 1 is 0.692 bits per heavy atom. The van der Waals surface area contributed by atoms with E-state index in [0.717, 1.165) is 123 Å². The summed E-state index contributed by atoms with van der Waals surface area (Å²) in [5.41, 5.74) is 14.7. The number of halogens is 1. The number of aromatic nitrogens is 6. The van der Waals surface area contributed by atoms with Gasteiger partial charge in [-0.3, -0.25) is 19.2 Å². The highest BCUT2D eigenvalue weighted by Crippen LogP contribution is 2.36. The van der Waals surface area contributed by atoms with Gasteiger partial charge in [0, 0.05) is 94.3 Å². The number of amides is 5. The summed E-state index contributed by atoms with van der Waals surface area (Å²) in [4.78, 5) is 77.3. The minimum absolute atomic E-state index is 0.0879. The van der Waals surface area contributed by atoms with Crippen LogP contribution in [0.5, 0.6) is 0 Å². The fourth-order valence-electron chi connectivity index (χ4n) is 10.4. The Kier molecular flexibility index (Phi) is 18.0. The van der Waals surface area contributed by atoms with E-state index in [1.807, 2.05) is 112 Å². The first-order chi connectivity index (χ1) is 37.1. The Bertz CT molecular complexity index is 3140. The number of nitrogens with two attached hydrogens (primary N) is 1. The Balaban J connectivity index is 0.000000169. The summed E-state index contributed by atoms with van der Waals surface area (Å²) >= 11 is 6.16. The molecule has 6 N–H and O–H groups in total. The SMILES string of the molecule is CC(=O)Nc1ccc(C)cc1C(=O)N1CCCC[C@H]1c1cc2nc(Cl)c(C)cn2n1.CC(=O)Nc1ccc(C)cc1C(=O)N1CCCC[C@H]1c1cc2nc(N3CC[C@H](N)C3)c(C)cn2n1.CC(C)(C)OC(=O)N[C@H]1CCNC1. The molecular formula is C57H75ClN14O6. The summed E-state index contributed by atoms with van der Waals surface area (Å²) in [6.07, 6.45) is 11.1. The van der Waals surface area contributed by atoms with E-state index in [0.29, 0.717) is 46.4 Å². The van der Waals surface area contributed by atoms with Crippen molar-refractivity contribution < 1.29 is 28.7 Å². The van der Waals surface area contributed by atoms with Crippen molar-refractivity contribution in [2.24, 2.45) is 5.73 Å². The van der Waals surface area contributed by atoms with Crippen LogP contribution in [0.2, 0.25) is 5.15 Å². The van der Waals surface area contributed by atoms with Gasteiger partial charge in [-0.05, 0) is 131 Å². The van der Waals surface area contributed by atoms with E-state index in [9.17, 15) is 24.0 Å². The Morgan fingerprint density at radius 3 is 1.69 bits per heavy atom. The zero-order valence-electron chi connectivity index (χ0n) is 46.4. The molecule has 4 fully saturated rings. The smallest absolute Gasteiger partial charge is 0.407 e. The zero-order valence-corrected chi connectivity index (χ0v) is 47.2. The second kappa shape index (κ2) is 24.7. The lowest BCUT2D eigenvalue weighted by molar-refractivity contribution is -0.115. The molecule has 0 aliphatic carbocycles. The lowest BCUT2D eigenvalue weighted by atomic mass is 9.97. The largest absolute Gasteiger partial charge is 0.444 e. The van der Waals surface area contributed by atoms with Crippen molar-refractivity contribution in [2.45, 2.75) is 143 Å². The van der Waals surface area contributed by atoms with Gasteiger partial charge in [0.05, 0.1) is 46.0 Å². The number of hydrogen-bond donors (Lipinski definition) is 5. The van der Waals surface area contributed by atoms with Gasteiger partial charge >= 0.3 is 6.09 Å². The molecule has 21 heteroatoms. The van der Waals surface area contributed by atoms with Gasteiger partial charge in [0.2, 0.25) is 11.8 Å². The molecule has 0 unspecified atom stereocenters. The molecule has 0 spiro atoms. The van der Waals surface area contributed by atoms with Crippen LogP contribution in [0.15, 0.2) is 60.9 Å². The molecule has 5 amide bonds. The van der Waals surface area contributed by atoms with E-state index in [-0.39, 0.29) is 53.9 Å². The number of nitrogens with one attached hydrogen (secondary N) is 4. The predicted octanol–water partition coefficient (Wildman–Crippen LogP) is 8.41. The number of benzene rings is 2. The molecule has 78 heavy (non-hydrogen) atoms. The summed E-state index contributed by atoms with van der Waals surface area (Å²) < 4.78 is 8.65. The maximum Gasteiger partial charge on any atom is 0.407 e. The van der Waals surface area contributed by atoms with Crippen molar-refractivity contribution in [1.29, 1.82) is 0 Å². The number of aryl methyl sites for hydroxylation is 4. The molecule has 0 bridgehead atoms. The summed E-state index contributed by atoms with van der Waals surface area (Å²) in [6.45, 7) is 21.1. The third kappa shape index (κ3) is 14.1. The lowest BCUT2D eigenvalue weighted by Gasteiger charge is -2.35. The quantitative estimate of drug-likeness (QED) is 0.0901. The number of fused-ring (bicyclic) bond motifs is 2. The van der Waals surface area contributed by atoms with Gasteiger partial charge in [-0.1, -0.05) is 34.9 Å². The number of hydrogen-bond acceptors (Lipinski definition) is 13. The van der Waals surface area contributed by atoms with Crippen LogP contribution in [0.1, 0.15) is 152 Å². The summed E-state index contributed by atoms with van der Waals surface area (Å²) in [6, 6.07) is 15.0. The Morgan fingerprint density at radius 2 is 1.22 bits per heavy atom. The molecule has 416 valence electrons. The molecule has 0 radical (unpaired) electrons. The van der Waals surface area contributed by atoms with E-state index < -0.39 is 5.60 Å². The van der Waals surface area contributed by atoms with E-state index in [4.69, 9.17) is 32.2 Å². The Hall–Kier alpha value is -7.16. The van der Waals surface area contributed by atoms with Crippen LogP contribution in [0.3, 0.4) is 0 Å². The van der Waals surface area contributed by atoms with Crippen molar-refractivity contribution in [3.05, 3.63) is 111 Å². The highest BCUT2D eigenvalue weighted by Gasteiger charge is 2.34. The van der Waals surface area contributed by atoms with Gasteiger partial charge < -0.3 is 46.4 Å². The molecule has 4 saturated heterocycles. The second-order valence-corrected chi connectivity index (χ2v) is 22.4. The molecule has 0 saturated carbocycles. The monoisotopic (exact) mass is 1090 g/mol. The zero-order chi connectivity index (χ0) is 56.0. The number of nitrogens with zero attached hydrogens (tertiary/aromatic N) is 9. The van der Waals surface area contributed by atoms with Gasteiger partial charge in [-0.25, -0.2) is 23.8 Å². The van der Waals surface area contributed by atoms with Crippen LogP contribution < -0.4 is 31.9 Å². The maximum atomic E-state index is 13.8. The molecule has 6 aromatic rings. The summed E-state index contributed by atoms with van der Waals surface area (Å²) in [5, 5.41) is 21.5. The maximum absolute atomic E-state index is 13.8. The molecule has 4 aromatic heterocycles. The minimum Gasteiger partial charge on any atom is -0.444 e. The molecule has 8 heterocycles. The molecule has 4 atom stereocenters. The standard InChI is InChI=1S/C26H33N7O2.C22H24ClN5O2.C9H18N2O2/c1-16-7-8-21(28-18(3)34)20(12-16)26(35)32-10-5-4-6-23(32)22-13-24-29-25(17(2)14-33(24)30-22)31-11-9-19(27)15-31;1-13-7-8-17(24-15(3)29)16(10-13)22(30)27-9-5-4-6-19(27)18-11-20-25-21(23)14(2)12-28(20)26-18;1-9(2,3)13-8(12)11-7-4-5-10-6-7/h7-8,12-14,19,23H,4-6,9-11,15,27H2,1-3H3,(H,28,34);7-8,10-12,19H,4-6,9H2,1-3H3,(H,24,29);7,10H,4-6H2,1-3H3,(H,11,12)/t19-,23-;19-;7-/m000/s1. The van der Waals surface area contributed by atoms with Crippen molar-refractivity contribution in [1.82, 2.24) is 49.6 Å². The van der Waals surface area contributed by atoms with E-state index in [1.165, 1.54) is 13.8 Å². The first kappa shape index (κ1) is 57.0. The van der Waals surface area contributed by atoms with Gasteiger partial charge in [0.25, 0.3) is 11.8 Å². The van der Waals surface area contributed by atoms with Crippen LogP contribution >= 0.6 is 11.6 Å².